The lowest BCUT2D eigenvalue weighted by Gasteiger charge is -1.63. The Morgan fingerprint density at radius 3 is 2.83 bits per heavy atom. The van der Waals surface area contributed by atoms with E-state index in [1.54, 1.807) is 7.85 Å². The molecule has 1 heterocycles. The summed E-state index contributed by atoms with van der Waals surface area (Å²) in [5.74, 6) is 0.606. The van der Waals surface area contributed by atoms with Gasteiger partial charge in [0.15, 0.2) is 12.1 Å². The van der Waals surface area contributed by atoms with Gasteiger partial charge in [0.05, 0.1) is 0 Å². The molecule has 1 aromatic rings. The van der Waals surface area contributed by atoms with E-state index in [0.29, 0.717) is 5.79 Å². The summed E-state index contributed by atoms with van der Waals surface area (Å²) < 4.78 is 4.47. The standard InChI is InChI=1S/C2H3BN2O/c3-2-4-1-5-6-2/h1H,3H2. The van der Waals surface area contributed by atoms with Crippen LogP contribution in [0.25, 0.3) is 0 Å². The number of aromatic nitrogens is 2. The van der Waals surface area contributed by atoms with E-state index in [0.717, 1.165) is 0 Å². The predicted molar refractivity (Wildman–Crippen MR) is 22.5 cm³/mol. The molecule has 1 aromatic heterocycles. The van der Waals surface area contributed by atoms with Crippen LogP contribution in [0.4, 0.5) is 0 Å². The maximum absolute atomic E-state index is 4.47. The second-order valence-corrected chi connectivity index (χ2v) is 0.960. The highest BCUT2D eigenvalue weighted by Crippen LogP contribution is 1.58. The van der Waals surface area contributed by atoms with Crippen molar-refractivity contribution in [2.24, 2.45) is 0 Å². The minimum atomic E-state index is 0.606. The van der Waals surface area contributed by atoms with E-state index in [1.807, 2.05) is 0 Å². The molecule has 0 aliphatic heterocycles. The first-order valence-corrected chi connectivity index (χ1v) is 1.63. The third kappa shape index (κ3) is 0.405. The van der Waals surface area contributed by atoms with E-state index in [4.69, 9.17) is 0 Å². The van der Waals surface area contributed by atoms with E-state index in [1.165, 1.54) is 6.33 Å². The highest BCUT2D eigenvalue weighted by molar-refractivity contribution is 6.27. The molecule has 0 radical (unpaired) electrons. The Balaban J connectivity index is 3.05. The summed E-state index contributed by atoms with van der Waals surface area (Å²) in [6, 6.07) is 0. The van der Waals surface area contributed by atoms with Gasteiger partial charge in [-0.2, -0.15) is 0 Å². The SMILES string of the molecule is Bc1ncno1. The number of hydrogen-bond acceptors (Lipinski definition) is 3. The molecule has 0 fully saturated rings. The van der Waals surface area contributed by atoms with Crippen LogP contribution in [0, 0.1) is 0 Å². The molecular weight excluding hydrogens is 78.8 g/mol. The second-order valence-electron chi connectivity index (χ2n) is 0.960. The molecule has 0 spiro atoms. The van der Waals surface area contributed by atoms with Crippen LogP contribution in [0.3, 0.4) is 0 Å². The monoisotopic (exact) mass is 82.0 g/mol. The van der Waals surface area contributed by atoms with Crippen LogP contribution in [0.5, 0.6) is 0 Å². The zero-order valence-electron chi connectivity index (χ0n) is 3.38. The van der Waals surface area contributed by atoms with Crippen molar-refractivity contribution in [2.75, 3.05) is 0 Å². The highest BCUT2D eigenvalue weighted by Gasteiger charge is 1.80. The fourth-order valence-electron chi connectivity index (χ4n) is 0.228. The van der Waals surface area contributed by atoms with Crippen LogP contribution in [0.2, 0.25) is 0 Å². The van der Waals surface area contributed by atoms with Gasteiger partial charge in [-0.3, -0.25) is 0 Å². The molecule has 0 aromatic carbocycles. The van der Waals surface area contributed by atoms with Gasteiger partial charge in [-0.05, 0) is 0 Å². The topological polar surface area (TPSA) is 38.9 Å². The predicted octanol–water partition coefficient (Wildman–Crippen LogP) is -1.67. The normalized spacial score (nSPS) is 8.67. The van der Waals surface area contributed by atoms with E-state index in [-0.39, 0.29) is 0 Å². The summed E-state index contributed by atoms with van der Waals surface area (Å²) in [5.41, 5.74) is 0. The number of nitrogens with zero attached hydrogens (tertiary/aromatic N) is 2. The van der Waals surface area contributed by atoms with Crippen LogP contribution < -0.4 is 5.79 Å². The van der Waals surface area contributed by atoms with Gasteiger partial charge in [0.25, 0.3) is 0 Å². The van der Waals surface area contributed by atoms with Gasteiger partial charge in [0.1, 0.15) is 0 Å². The lowest BCUT2D eigenvalue weighted by Crippen LogP contribution is -1.99. The van der Waals surface area contributed by atoms with Crippen LogP contribution in [0.1, 0.15) is 0 Å². The fourth-order valence-corrected chi connectivity index (χ4v) is 0.228. The molecule has 0 bridgehead atoms. The zero-order chi connectivity index (χ0) is 4.41. The maximum Gasteiger partial charge on any atom is 0.216 e. The molecule has 0 saturated carbocycles. The van der Waals surface area contributed by atoms with Crippen molar-refractivity contribution in [3.05, 3.63) is 6.33 Å². The summed E-state index contributed by atoms with van der Waals surface area (Å²) in [5, 5.41) is 3.34. The van der Waals surface area contributed by atoms with Gasteiger partial charge in [0.2, 0.25) is 7.85 Å². The highest BCUT2D eigenvalue weighted by atomic mass is 16.5. The van der Waals surface area contributed by atoms with Gasteiger partial charge in [-0.25, -0.2) is 4.98 Å². The van der Waals surface area contributed by atoms with Crippen LogP contribution >= 0.6 is 0 Å². The van der Waals surface area contributed by atoms with Crippen molar-refractivity contribution in [1.29, 1.82) is 0 Å². The molecule has 0 aliphatic rings. The molecule has 0 N–H and O–H groups in total. The van der Waals surface area contributed by atoms with Crippen molar-refractivity contribution in [3.8, 4) is 0 Å². The lowest BCUT2D eigenvalue weighted by atomic mass is 10.2. The van der Waals surface area contributed by atoms with Crippen molar-refractivity contribution in [3.63, 3.8) is 0 Å². The Hall–Kier alpha value is -0.795. The van der Waals surface area contributed by atoms with E-state index < -0.39 is 0 Å². The first-order chi connectivity index (χ1) is 2.89. The minimum absolute atomic E-state index is 0.606. The van der Waals surface area contributed by atoms with Crippen molar-refractivity contribution in [1.82, 2.24) is 10.1 Å². The smallest absolute Gasteiger partial charge is 0.216 e. The van der Waals surface area contributed by atoms with E-state index >= 15 is 0 Å². The molecule has 1 rings (SSSR count). The second kappa shape index (κ2) is 1.12. The molecule has 6 heavy (non-hydrogen) atoms. The van der Waals surface area contributed by atoms with Crippen molar-refractivity contribution in [2.45, 2.75) is 0 Å². The van der Waals surface area contributed by atoms with E-state index in [9.17, 15) is 0 Å². The summed E-state index contributed by atoms with van der Waals surface area (Å²) in [7, 11) is 1.74. The van der Waals surface area contributed by atoms with Crippen molar-refractivity contribution >= 4 is 13.6 Å². The summed E-state index contributed by atoms with van der Waals surface area (Å²) in [4.78, 5) is 3.64. The molecule has 4 heteroatoms. The van der Waals surface area contributed by atoms with Crippen LogP contribution in [-0.4, -0.2) is 18.0 Å². The third-order valence-electron chi connectivity index (χ3n) is 0.471. The minimum Gasteiger partial charge on any atom is -0.352 e. The quantitative estimate of drug-likeness (QED) is 0.351. The summed E-state index contributed by atoms with van der Waals surface area (Å²) in [6.07, 6.45) is 1.37. The molecule has 0 unspecified atom stereocenters. The summed E-state index contributed by atoms with van der Waals surface area (Å²) in [6.45, 7) is 0. The van der Waals surface area contributed by atoms with Crippen LogP contribution in [-0.2, 0) is 0 Å². The molecular formula is C2H3BN2O. The maximum atomic E-state index is 4.47. The fraction of sp³-hybridized carbons (Fsp3) is 0. The lowest BCUT2D eigenvalue weighted by molar-refractivity contribution is 0.445. The zero-order valence-corrected chi connectivity index (χ0v) is 3.38. The molecule has 30 valence electrons. The molecule has 0 amide bonds. The Bertz CT molecular complexity index is 115. The Labute approximate surface area is 35.8 Å². The van der Waals surface area contributed by atoms with Gasteiger partial charge >= 0.3 is 0 Å². The van der Waals surface area contributed by atoms with Gasteiger partial charge in [-0.1, -0.05) is 5.16 Å². The average Bonchev–Trinajstić information content (AvgIpc) is 1.86. The number of hydrogen-bond donors (Lipinski definition) is 0. The van der Waals surface area contributed by atoms with Gasteiger partial charge < -0.3 is 4.52 Å². The first kappa shape index (κ1) is 3.40. The Morgan fingerprint density at radius 2 is 2.67 bits per heavy atom. The van der Waals surface area contributed by atoms with Gasteiger partial charge in [0, 0.05) is 0 Å². The van der Waals surface area contributed by atoms with Crippen molar-refractivity contribution < 1.29 is 4.52 Å². The molecule has 3 nitrogen and oxygen atoms in total. The first-order valence-electron chi connectivity index (χ1n) is 1.63. The van der Waals surface area contributed by atoms with E-state index in [2.05, 4.69) is 14.7 Å². The van der Waals surface area contributed by atoms with Crippen LogP contribution in [0.15, 0.2) is 10.9 Å². The molecule has 0 atom stereocenters. The Morgan fingerprint density at radius 1 is 1.83 bits per heavy atom. The molecule has 0 saturated heterocycles. The third-order valence-corrected chi connectivity index (χ3v) is 0.471. The summed E-state index contributed by atoms with van der Waals surface area (Å²) >= 11 is 0. The average molecular weight is 81.9 g/mol. The Kier molecular flexibility index (Phi) is 0.635. The molecule has 0 aliphatic carbocycles. The largest absolute Gasteiger partial charge is 0.352 e. The van der Waals surface area contributed by atoms with Gasteiger partial charge in [-0.15, -0.1) is 0 Å². The number of rotatable bonds is 0.